The molecule has 4 heteroatoms. The predicted molar refractivity (Wildman–Crippen MR) is 47.7 cm³/mol. The maximum absolute atomic E-state index is 4.42. The molecule has 0 aromatic heterocycles. The minimum Gasteiger partial charge on any atom is -1.00 e. The molecular weight excluding hydrogens is 283 g/mol. The van der Waals surface area contributed by atoms with E-state index in [1.807, 2.05) is 0 Å². The van der Waals surface area contributed by atoms with Crippen LogP contribution in [0.4, 0.5) is 0 Å². The van der Waals surface area contributed by atoms with Gasteiger partial charge in [-0.25, -0.2) is 0 Å². The molecule has 0 saturated carbocycles. The highest BCUT2D eigenvalue weighted by molar-refractivity contribution is 8.16. The van der Waals surface area contributed by atoms with Gasteiger partial charge in [0.15, 0.2) is 0 Å². The molecule has 0 spiro atoms. The molecule has 0 bridgehead atoms. The van der Waals surface area contributed by atoms with E-state index in [0.717, 1.165) is 5.17 Å². The Bertz CT molecular complexity index is 235. The summed E-state index contributed by atoms with van der Waals surface area (Å²) in [4.78, 5) is 5.91. The van der Waals surface area contributed by atoms with Crippen LogP contribution in [0.25, 0.3) is 0 Å². The van der Waals surface area contributed by atoms with Crippen molar-refractivity contribution in [1.29, 1.82) is 0 Å². The lowest BCUT2D eigenvalue weighted by atomic mass is 10.2. The molecule has 1 aliphatic carbocycles. The minimum absolute atomic E-state index is 0. The number of rotatable bonds is 0. The van der Waals surface area contributed by atoms with E-state index in [1.54, 1.807) is 11.8 Å². The van der Waals surface area contributed by atoms with Gasteiger partial charge in [-0.2, -0.15) is 0 Å². The van der Waals surface area contributed by atoms with Crippen molar-refractivity contribution >= 4 is 16.9 Å². The highest BCUT2D eigenvalue weighted by Gasteiger charge is 2.32. The monoisotopic (exact) mass is 296 g/mol. The zero-order valence-electron chi connectivity index (χ0n) is 6.98. The molecule has 1 radical (unpaired) electrons. The van der Waals surface area contributed by atoms with Gasteiger partial charge in [-0.1, -0.05) is 6.42 Å². The Hall–Kier alpha value is 0.450. The second kappa shape index (κ2) is 4.62. The quantitative estimate of drug-likeness (QED) is 0.509. The molecule has 2 aliphatic rings. The van der Waals surface area contributed by atoms with Crippen molar-refractivity contribution in [2.45, 2.75) is 32.1 Å². The Morgan fingerprint density at radius 2 is 1.92 bits per heavy atom. The molecule has 0 saturated heterocycles. The Labute approximate surface area is 94.1 Å². The summed E-state index contributed by atoms with van der Waals surface area (Å²) in [5.41, 5.74) is 5.19. The van der Waals surface area contributed by atoms with Crippen LogP contribution in [0, 0.1) is 0 Å². The van der Waals surface area contributed by atoms with Gasteiger partial charge in [0.25, 0.3) is 5.70 Å². The van der Waals surface area contributed by atoms with E-state index in [2.05, 4.69) is 10.7 Å². The molecule has 2 nitrogen and oxygen atoms in total. The summed E-state index contributed by atoms with van der Waals surface area (Å²) in [5, 5.41) is 0.997. The maximum Gasteiger partial charge on any atom is 0.471 e. The highest BCUT2D eigenvalue weighted by atomic mass is 127. The Morgan fingerprint density at radius 1 is 1.17 bits per heavy atom. The smallest absolute Gasteiger partial charge is 0.471 e. The predicted octanol–water partition coefficient (Wildman–Crippen LogP) is -2.15. The van der Waals surface area contributed by atoms with E-state index < -0.39 is 0 Å². The van der Waals surface area contributed by atoms with Gasteiger partial charge in [-0.05, 0) is 19.3 Å². The first kappa shape index (κ1) is 10.5. The van der Waals surface area contributed by atoms with Gasteiger partial charge < -0.3 is 24.0 Å². The first-order valence-electron chi connectivity index (χ1n) is 4.17. The van der Waals surface area contributed by atoms with Crippen LogP contribution in [0.1, 0.15) is 32.1 Å². The molecule has 1 heterocycles. The fraction of sp³-hybridized carbons (Fsp3) is 0.625. The van der Waals surface area contributed by atoms with Crippen LogP contribution in [0.15, 0.2) is 10.6 Å². The molecule has 67 valence electrons. The SMILES string of the molecule is [I-].[NH3+]C1=[N+]C2=C(CCCCC2)S1. The Kier molecular flexibility index (Phi) is 4.05. The molecule has 0 unspecified atom stereocenters. The molecule has 0 amide bonds. The summed E-state index contributed by atoms with van der Waals surface area (Å²) in [6, 6.07) is 0. The van der Waals surface area contributed by atoms with Crippen LogP contribution in [0.5, 0.6) is 0 Å². The summed E-state index contributed by atoms with van der Waals surface area (Å²) in [6.07, 6.45) is 6.45. The second-order valence-corrected chi connectivity index (χ2v) is 4.21. The van der Waals surface area contributed by atoms with E-state index in [-0.39, 0.29) is 24.0 Å². The topological polar surface area (TPSA) is 41.7 Å². The molecule has 3 N–H and O–H groups in total. The van der Waals surface area contributed by atoms with Crippen molar-refractivity contribution in [3.05, 3.63) is 10.6 Å². The fourth-order valence-electron chi connectivity index (χ4n) is 1.58. The summed E-state index contributed by atoms with van der Waals surface area (Å²) in [6.45, 7) is 0. The average Bonchev–Trinajstić information content (AvgIpc) is 2.17. The molecule has 12 heavy (non-hydrogen) atoms. The van der Waals surface area contributed by atoms with Crippen LogP contribution >= 0.6 is 11.8 Å². The van der Waals surface area contributed by atoms with Gasteiger partial charge >= 0.3 is 5.17 Å². The Balaban J connectivity index is 0.000000720. The number of quaternary nitrogens is 1. The summed E-state index contributed by atoms with van der Waals surface area (Å²) >= 11 is 1.78. The van der Waals surface area contributed by atoms with Gasteiger partial charge in [-0.15, -0.1) is 0 Å². The first-order valence-corrected chi connectivity index (χ1v) is 4.98. The van der Waals surface area contributed by atoms with Crippen LogP contribution in [0.2, 0.25) is 0 Å². The van der Waals surface area contributed by atoms with Crippen molar-refractivity contribution < 1.29 is 29.7 Å². The van der Waals surface area contributed by atoms with Crippen LogP contribution in [0.3, 0.4) is 0 Å². The number of allylic oxidation sites excluding steroid dienone is 2. The van der Waals surface area contributed by atoms with Gasteiger partial charge in [0.2, 0.25) is 0 Å². The number of hydrogen-bond donors (Lipinski definition) is 1. The van der Waals surface area contributed by atoms with Crippen molar-refractivity contribution in [1.82, 2.24) is 4.99 Å². The number of aliphatic imine (C=N–C) groups is 1. The standard InChI is InChI=1S/C8H12N2S.HI/c9-8-10-6-4-2-1-3-5-7(6)11-8;/h1-5,9H2;1H/q+1;. The van der Waals surface area contributed by atoms with Crippen LogP contribution in [-0.2, 0) is 0 Å². The van der Waals surface area contributed by atoms with Crippen LogP contribution in [-0.4, -0.2) is 5.17 Å². The lowest BCUT2D eigenvalue weighted by molar-refractivity contribution is -0.207. The largest absolute Gasteiger partial charge is 1.00 e. The first-order chi connectivity index (χ1) is 5.36. The van der Waals surface area contributed by atoms with Gasteiger partial charge in [0.05, 0.1) is 16.7 Å². The van der Waals surface area contributed by atoms with Gasteiger partial charge in [0.1, 0.15) is 4.99 Å². The minimum atomic E-state index is 0. The average molecular weight is 296 g/mol. The zero-order chi connectivity index (χ0) is 7.68. The molecule has 0 fully saturated rings. The third-order valence-electron chi connectivity index (χ3n) is 2.14. The molecule has 0 atom stereocenters. The van der Waals surface area contributed by atoms with E-state index in [9.17, 15) is 0 Å². The maximum atomic E-state index is 4.42. The van der Waals surface area contributed by atoms with Gasteiger partial charge in [0, 0.05) is 6.42 Å². The van der Waals surface area contributed by atoms with E-state index >= 15 is 0 Å². The second-order valence-electron chi connectivity index (χ2n) is 3.04. The van der Waals surface area contributed by atoms with Crippen molar-refractivity contribution in [2.24, 2.45) is 0 Å². The van der Waals surface area contributed by atoms with Crippen LogP contribution < -0.4 is 34.7 Å². The zero-order valence-corrected chi connectivity index (χ0v) is 9.95. The summed E-state index contributed by atoms with van der Waals surface area (Å²) in [5.74, 6) is 0. The number of halogens is 1. The molecular formula is C8H13IN2S+. The molecule has 0 aromatic carbocycles. The summed E-state index contributed by atoms with van der Waals surface area (Å²) in [7, 11) is 0. The number of thioether (sulfide) groups is 1. The highest BCUT2D eigenvalue weighted by Crippen LogP contribution is 2.33. The third-order valence-corrected chi connectivity index (χ3v) is 3.15. The van der Waals surface area contributed by atoms with E-state index in [0.29, 0.717) is 0 Å². The molecule has 0 aromatic rings. The molecule has 2 rings (SSSR count). The normalized spacial score (nSPS) is 22.6. The lowest BCUT2D eigenvalue weighted by Gasteiger charge is -1.90. The van der Waals surface area contributed by atoms with Gasteiger partial charge in [-0.3, -0.25) is 5.73 Å². The number of nitrogens with zero attached hydrogens (tertiary/aromatic N) is 1. The van der Waals surface area contributed by atoms with E-state index in [1.165, 1.54) is 42.7 Å². The number of amidine groups is 1. The van der Waals surface area contributed by atoms with Crippen molar-refractivity contribution in [3.63, 3.8) is 0 Å². The molecule has 1 aliphatic heterocycles. The fourth-order valence-corrected chi connectivity index (χ4v) is 2.53. The van der Waals surface area contributed by atoms with Crippen molar-refractivity contribution in [3.8, 4) is 0 Å². The lowest BCUT2D eigenvalue weighted by Crippen LogP contribution is -3.00. The number of hydrogen-bond acceptors (Lipinski definition) is 2. The Morgan fingerprint density at radius 3 is 2.75 bits per heavy atom. The van der Waals surface area contributed by atoms with Crippen molar-refractivity contribution in [2.75, 3.05) is 0 Å². The van der Waals surface area contributed by atoms with E-state index in [4.69, 9.17) is 0 Å². The third kappa shape index (κ3) is 2.23. The summed E-state index contributed by atoms with van der Waals surface area (Å²) < 4.78 is 0.